The highest BCUT2D eigenvalue weighted by atomic mass is 16.5. The molecule has 3 N–H and O–H groups in total. The van der Waals surface area contributed by atoms with Crippen LogP contribution in [-0.2, 0) is 4.74 Å². The van der Waals surface area contributed by atoms with Crippen LogP contribution in [-0.4, -0.2) is 61.9 Å². The van der Waals surface area contributed by atoms with Gasteiger partial charge in [-0.15, -0.1) is 0 Å². The van der Waals surface area contributed by atoms with Crippen LogP contribution in [0.15, 0.2) is 17.4 Å². The minimum absolute atomic E-state index is 0.189. The summed E-state index contributed by atoms with van der Waals surface area (Å²) in [4.78, 5) is 12.5. The molecule has 1 heterocycles. The van der Waals surface area contributed by atoms with Crippen LogP contribution in [0.2, 0.25) is 0 Å². The number of anilines is 2. The van der Waals surface area contributed by atoms with Gasteiger partial charge in [0.2, 0.25) is 5.95 Å². The van der Waals surface area contributed by atoms with Gasteiger partial charge in [-0.05, 0) is 6.07 Å². The summed E-state index contributed by atoms with van der Waals surface area (Å²) in [5.41, 5.74) is 5.51. The molecule has 1 rings (SSSR count). The second-order valence-corrected chi connectivity index (χ2v) is 4.43. The van der Waals surface area contributed by atoms with Gasteiger partial charge in [0.25, 0.3) is 0 Å². The third kappa shape index (κ3) is 4.88. The Morgan fingerprint density at radius 1 is 1.45 bits per heavy atom. The molecule has 0 saturated carbocycles. The lowest BCUT2D eigenvalue weighted by Gasteiger charge is -2.24. The second kappa shape index (κ2) is 8.16. The van der Waals surface area contributed by atoms with E-state index in [1.807, 2.05) is 30.0 Å². The first-order valence-corrected chi connectivity index (χ1v) is 6.29. The van der Waals surface area contributed by atoms with Crippen LogP contribution in [0.25, 0.3) is 0 Å². The summed E-state index contributed by atoms with van der Waals surface area (Å²) in [6.07, 6.45) is 2.16. The zero-order valence-corrected chi connectivity index (χ0v) is 12.2. The molecule has 8 nitrogen and oxygen atoms in total. The van der Waals surface area contributed by atoms with E-state index in [-0.39, 0.29) is 5.84 Å². The predicted molar refractivity (Wildman–Crippen MR) is 78.5 cm³/mol. The van der Waals surface area contributed by atoms with E-state index in [1.165, 1.54) is 0 Å². The molecule has 20 heavy (non-hydrogen) atoms. The number of nitrogens with two attached hydrogens (primary N) is 1. The molecular weight excluding hydrogens is 260 g/mol. The summed E-state index contributed by atoms with van der Waals surface area (Å²) in [6.45, 7) is 1.82. The SMILES string of the molecule is COCCN(CCC(N)=NO)c1ccnc(N(C)C)n1. The van der Waals surface area contributed by atoms with Crippen LogP contribution in [0.4, 0.5) is 11.8 Å². The smallest absolute Gasteiger partial charge is 0.226 e. The molecule has 0 spiro atoms. The largest absolute Gasteiger partial charge is 0.409 e. The van der Waals surface area contributed by atoms with Gasteiger partial charge in [-0.2, -0.15) is 4.98 Å². The van der Waals surface area contributed by atoms with Gasteiger partial charge in [0, 0.05) is 46.9 Å². The lowest BCUT2D eigenvalue weighted by Crippen LogP contribution is -2.32. The third-order valence-corrected chi connectivity index (χ3v) is 2.68. The van der Waals surface area contributed by atoms with Gasteiger partial charge < -0.3 is 25.5 Å². The molecule has 0 aliphatic heterocycles. The highest BCUT2D eigenvalue weighted by molar-refractivity contribution is 5.80. The van der Waals surface area contributed by atoms with Crippen LogP contribution < -0.4 is 15.5 Å². The Morgan fingerprint density at radius 3 is 2.80 bits per heavy atom. The van der Waals surface area contributed by atoms with Gasteiger partial charge in [0.15, 0.2) is 0 Å². The first-order valence-electron chi connectivity index (χ1n) is 6.29. The van der Waals surface area contributed by atoms with Crippen molar-refractivity contribution in [3.05, 3.63) is 12.3 Å². The van der Waals surface area contributed by atoms with E-state index in [4.69, 9.17) is 15.7 Å². The minimum Gasteiger partial charge on any atom is -0.409 e. The van der Waals surface area contributed by atoms with Crippen LogP contribution in [0.1, 0.15) is 6.42 Å². The van der Waals surface area contributed by atoms with Crippen molar-refractivity contribution in [1.29, 1.82) is 0 Å². The second-order valence-electron chi connectivity index (χ2n) is 4.43. The van der Waals surface area contributed by atoms with Gasteiger partial charge in [-0.25, -0.2) is 4.98 Å². The standard InChI is InChI=1S/C12H22N6O2/c1-17(2)12-14-6-4-11(15-12)18(8-9-20-3)7-5-10(13)16-19/h4,6,19H,5,7-9H2,1-3H3,(H2,13,16). The van der Waals surface area contributed by atoms with Crippen molar-refractivity contribution in [3.63, 3.8) is 0 Å². The molecule has 0 atom stereocenters. The molecule has 0 bridgehead atoms. The number of aromatic nitrogens is 2. The van der Waals surface area contributed by atoms with E-state index in [0.717, 1.165) is 5.82 Å². The Kier molecular flexibility index (Phi) is 6.51. The number of hydrogen-bond donors (Lipinski definition) is 2. The van der Waals surface area contributed by atoms with Crippen LogP contribution >= 0.6 is 0 Å². The Hall–Kier alpha value is -2.09. The van der Waals surface area contributed by atoms with E-state index < -0.39 is 0 Å². The maximum Gasteiger partial charge on any atom is 0.226 e. The van der Waals surface area contributed by atoms with E-state index in [2.05, 4.69) is 15.1 Å². The monoisotopic (exact) mass is 282 g/mol. The minimum atomic E-state index is 0.189. The summed E-state index contributed by atoms with van der Waals surface area (Å²) >= 11 is 0. The van der Waals surface area contributed by atoms with Crippen molar-refractivity contribution < 1.29 is 9.94 Å². The van der Waals surface area contributed by atoms with Crippen molar-refractivity contribution in [1.82, 2.24) is 9.97 Å². The summed E-state index contributed by atoms with van der Waals surface area (Å²) < 4.78 is 5.10. The van der Waals surface area contributed by atoms with Gasteiger partial charge in [-0.3, -0.25) is 0 Å². The van der Waals surface area contributed by atoms with Gasteiger partial charge in [0.1, 0.15) is 11.7 Å². The highest BCUT2D eigenvalue weighted by Crippen LogP contribution is 2.13. The normalized spacial score (nSPS) is 11.4. The average Bonchev–Trinajstić information content (AvgIpc) is 2.47. The van der Waals surface area contributed by atoms with E-state index in [9.17, 15) is 0 Å². The van der Waals surface area contributed by atoms with Crippen LogP contribution in [0.3, 0.4) is 0 Å². The fourth-order valence-electron chi connectivity index (χ4n) is 1.57. The number of amidine groups is 1. The quantitative estimate of drug-likeness (QED) is 0.302. The number of methoxy groups -OCH3 is 1. The van der Waals surface area contributed by atoms with Gasteiger partial charge >= 0.3 is 0 Å². The van der Waals surface area contributed by atoms with E-state index in [0.29, 0.717) is 32.1 Å². The zero-order chi connectivity index (χ0) is 15.0. The molecule has 0 fully saturated rings. The lowest BCUT2D eigenvalue weighted by molar-refractivity contribution is 0.205. The molecule has 0 radical (unpaired) electrons. The van der Waals surface area contributed by atoms with Crippen molar-refractivity contribution in [2.24, 2.45) is 10.9 Å². The molecule has 8 heteroatoms. The number of rotatable bonds is 8. The fraction of sp³-hybridized carbons (Fsp3) is 0.583. The Morgan fingerprint density at radius 2 is 2.20 bits per heavy atom. The molecule has 1 aromatic rings. The number of nitrogens with zero attached hydrogens (tertiary/aromatic N) is 5. The van der Waals surface area contributed by atoms with E-state index in [1.54, 1.807) is 13.3 Å². The molecular formula is C12H22N6O2. The van der Waals surface area contributed by atoms with Crippen LogP contribution in [0.5, 0.6) is 0 Å². The summed E-state index contributed by atoms with van der Waals surface area (Å²) in [6, 6.07) is 1.83. The van der Waals surface area contributed by atoms with Crippen molar-refractivity contribution in [2.45, 2.75) is 6.42 Å². The van der Waals surface area contributed by atoms with Gasteiger partial charge in [0.05, 0.1) is 6.61 Å². The first kappa shape index (κ1) is 16.0. The molecule has 112 valence electrons. The zero-order valence-electron chi connectivity index (χ0n) is 12.2. The summed E-state index contributed by atoms with van der Waals surface area (Å²) in [7, 11) is 5.41. The molecule has 0 aromatic carbocycles. The third-order valence-electron chi connectivity index (χ3n) is 2.68. The number of oxime groups is 1. The fourth-order valence-corrected chi connectivity index (χ4v) is 1.57. The molecule has 0 unspecified atom stereocenters. The van der Waals surface area contributed by atoms with Crippen LogP contribution in [0, 0.1) is 0 Å². The summed E-state index contributed by atoms with van der Waals surface area (Å²) in [5, 5.41) is 11.6. The van der Waals surface area contributed by atoms with Gasteiger partial charge in [-0.1, -0.05) is 5.16 Å². The van der Waals surface area contributed by atoms with Crippen molar-refractivity contribution in [2.75, 3.05) is 50.7 Å². The maximum atomic E-state index is 8.60. The predicted octanol–water partition coefficient (Wildman–Crippen LogP) is 0.132. The molecule has 0 saturated heterocycles. The van der Waals surface area contributed by atoms with Crippen molar-refractivity contribution >= 4 is 17.6 Å². The number of ether oxygens (including phenoxy) is 1. The average molecular weight is 282 g/mol. The summed E-state index contributed by atoms with van der Waals surface area (Å²) in [5.74, 6) is 1.61. The topological polar surface area (TPSA) is 100 Å². The molecule has 0 aliphatic rings. The van der Waals surface area contributed by atoms with Crippen molar-refractivity contribution in [3.8, 4) is 0 Å². The van der Waals surface area contributed by atoms with E-state index >= 15 is 0 Å². The Labute approximate surface area is 118 Å². The molecule has 0 amide bonds. The lowest BCUT2D eigenvalue weighted by atomic mass is 10.3. The Bertz CT molecular complexity index is 438. The highest BCUT2D eigenvalue weighted by Gasteiger charge is 2.10. The molecule has 1 aromatic heterocycles. The molecule has 0 aliphatic carbocycles. The first-order chi connectivity index (χ1) is 9.58. The maximum absolute atomic E-state index is 8.60. The number of hydrogen-bond acceptors (Lipinski definition) is 7. The Balaban J connectivity index is 2.83.